The van der Waals surface area contributed by atoms with Crippen molar-refractivity contribution in [2.45, 2.75) is 44.3 Å². The molecule has 0 spiro atoms. The standard InChI is InChI=1S/C18H17F3N4O/c19-18(20,21)14-9-22-17(25-16(14)23-11-4-5-11)24-12-6-7-13-10(8-12)2-1-3-15(13)26/h6-9,11H,1-5H2,(H2,22,23,24,25). The molecule has 2 aliphatic carbocycles. The van der Waals surface area contributed by atoms with E-state index in [1.54, 1.807) is 12.1 Å². The molecule has 0 aliphatic heterocycles. The molecule has 0 atom stereocenters. The lowest BCUT2D eigenvalue weighted by molar-refractivity contribution is -0.137. The highest BCUT2D eigenvalue weighted by Crippen LogP contribution is 2.36. The maximum atomic E-state index is 13.1. The second-order valence-electron chi connectivity index (χ2n) is 6.65. The number of hydrogen-bond donors (Lipinski definition) is 2. The smallest absolute Gasteiger partial charge is 0.367 e. The minimum atomic E-state index is -4.51. The average molecular weight is 362 g/mol. The molecule has 136 valence electrons. The summed E-state index contributed by atoms with van der Waals surface area (Å²) in [6, 6.07) is 5.33. The fraction of sp³-hybridized carbons (Fsp3) is 0.389. The van der Waals surface area contributed by atoms with E-state index in [9.17, 15) is 18.0 Å². The summed E-state index contributed by atoms with van der Waals surface area (Å²) < 4.78 is 39.4. The van der Waals surface area contributed by atoms with Gasteiger partial charge in [-0.2, -0.15) is 18.2 Å². The minimum absolute atomic E-state index is 0.0357. The van der Waals surface area contributed by atoms with Gasteiger partial charge < -0.3 is 10.6 Å². The number of hydrogen-bond acceptors (Lipinski definition) is 5. The summed E-state index contributed by atoms with van der Waals surface area (Å²) in [5.74, 6) is 0.00775. The van der Waals surface area contributed by atoms with Crippen molar-refractivity contribution in [2.75, 3.05) is 10.6 Å². The zero-order valence-corrected chi connectivity index (χ0v) is 13.9. The Morgan fingerprint density at radius 1 is 1.15 bits per heavy atom. The number of Topliss-reactive ketones (excluding diaryl/α,β-unsaturated/α-hetero) is 1. The highest BCUT2D eigenvalue weighted by molar-refractivity contribution is 5.98. The van der Waals surface area contributed by atoms with E-state index in [4.69, 9.17) is 0 Å². The van der Waals surface area contributed by atoms with Crippen molar-refractivity contribution >= 4 is 23.2 Å². The number of anilines is 3. The van der Waals surface area contributed by atoms with Gasteiger partial charge in [0.15, 0.2) is 5.78 Å². The normalized spacial score (nSPS) is 17.0. The van der Waals surface area contributed by atoms with Crippen LogP contribution in [0.3, 0.4) is 0 Å². The number of carbonyl (C=O) groups is 1. The summed E-state index contributed by atoms with van der Waals surface area (Å²) in [7, 11) is 0. The quantitative estimate of drug-likeness (QED) is 0.847. The van der Waals surface area contributed by atoms with Gasteiger partial charge in [-0.3, -0.25) is 4.79 Å². The van der Waals surface area contributed by atoms with Crippen LogP contribution < -0.4 is 10.6 Å². The van der Waals surface area contributed by atoms with E-state index < -0.39 is 11.7 Å². The molecule has 2 aromatic rings. The van der Waals surface area contributed by atoms with Crippen LogP contribution in [0.5, 0.6) is 0 Å². The number of halogens is 3. The predicted octanol–water partition coefficient (Wildman–Crippen LogP) is 4.33. The Balaban J connectivity index is 1.61. The second-order valence-corrected chi connectivity index (χ2v) is 6.65. The lowest BCUT2D eigenvalue weighted by Gasteiger charge is -2.17. The second kappa shape index (κ2) is 6.26. The van der Waals surface area contributed by atoms with Gasteiger partial charge >= 0.3 is 6.18 Å². The van der Waals surface area contributed by atoms with Gasteiger partial charge in [-0.1, -0.05) is 0 Å². The molecule has 4 rings (SSSR count). The number of nitrogens with zero attached hydrogens (tertiary/aromatic N) is 2. The number of carbonyl (C=O) groups excluding carboxylic acids is 1. The van der Waals surface area contributed by atoms with Crippen LogP contribution in [0.4, 0.5) is 30.6 Å². The zero-order chi connectivity index (χ0) is 18.3. The summed E-state index contributed by atoms with van der Waals surface area (Å²) in [6.45, 7) is 0. The first-order valence-electron chi connectivity index (χ1n) is 8.54. The van der Waals surface area contributed by atoms with E-state index in [0.717, 1.165) is 37.4 Å². The van der Waals surface area contributed by atoms with Gasteiger partial charge in [0.2, 0.25) is 5.95 Å². The van der Waals surface area contributed by atoms with Gasteiger partial charge in [0.25, 0.3) is 0 Å². The van der Waals surface area contributed by atoms with Gasteiger partial charge in [-0.15, -0.1) is 0 Å². The van der Waals surface area contributed by atoms with Crippen molar-refractivity contribution < 1.29 is 18.0 Å². The van der Waals surface area contributed by atoms with Crippen molar-refractivity contribution in [3.8, 4) is 0 Å². The molecule has 2 aliphatic rings. The Labute approximate surface area is 148 Å². The number of ketones is 1. The van der Waals surface area contributed by atoms with Crippen LogP contribution >= 0.6 is 0 Å². The summed E-state index contributed by atoms with van der Waals surface area (Å²) in [5.41, 5.74) is 1.43. The molecule has 2 N–H and O–H groups in total. The van der Waals surface area contributed by atoms with Crippen LogP contribution in [0.15, 0.2) is 24.4 Å². The maximum Gasteiger partial charge on any atom is 0.421 e. The summed E-state index contributed by atoms with van der Waals surface area (Å²) in [4.78, 5) is 19.7. The molecule has 0 radical (unpaired) electrons. The van der Waals surface area contributed by atoms with E-state index in [-0.39, 0.29) is 23.6 Å². The number of aryl methyl sites for hydroxylation is 1. The molecule has 1 saturated carbocycles. The maximum absolute atomic E-state index is 13.1. The zero-order valence-electron chi connectivity index (χ0n) is 13.9. The van der Waals surface area contributed by atoms with E-state index in [1.165, 1.54) is 0 Å². The lowest BCUT2D eigenvalue weighted by Crippen LogP contribution is -2.15. The van der Waals surface area contributed by atoms with Crippen molar-refractivity contribution in [3.05, 3.63) is 41.1 Å². The first-order chi connectivity index (χ1) is 12.4. The number of benzene rings is 1. The van der Waals surface area contributed by atoms with Crippen LogP contribution in [0, 0.1) is 0 Å². The third-order valence-corrected chi connectivity index (χ3v) is 4.52. The van der Waals surface area contributed by atoms with Crippen LogP contribution in [-0.2, 0) is 12.6 Å². The van der Waals surface area contributed by atoms with Gasteiger partial charge in [0.1, 0.15) is 11.4 Å². The molecule has 1 fully saturated rings. The molecular formula is C18H17F3N4O. The predicted molar refractivity (Wildman–Crippen MR) is 90.7 cm³/mol. The summed E-state index contributed by atoms with van der Waals surface area (Å²) in [5, 5.41) is 5.76. The number of rotatable bonds is 4. The van der Waals surface area contributed by atoms with E-state index >= 15 is 0 Å². The summed E-state index contributed by atoms with van der Waals surface area (Å²) in [6.07, 6.45) is 0.119. The molecule has 0 saturated heterocycles. The number of fused-ring (bicyclic) bond motifs is 1. The monoisotopic (exact) mass is 362 g/mol. The van der Waals surface area contributed by atoms with Gasteiger partial charge in [0, 0.05) is 29.9 Å². The van der Waals surface area contributed by atoms with Crippen LogP contribution in [0.1, 0.15) is 47.2 Å². The first-order valence-corrected chi connectivity index (χ1v) is 8.54. The molecule has 1 aromatic heterocycles. The molecule has 0 unspecified atom stereocenters. The third-order valence-electron chi connectivity index (χ3n) is 4.52. The molecule has 0 bridgehead atoms. The number of nitrogens with one attached hydrogen (secondary N) is 2. The molecule has 26 heavy (non-hydrogen) atoms. The number of alkyl halides is 3. The Hall–Kier alpha value is -2.64. The first kappa shape index (κ1) is 16.8. The third kappa shape index (κ3) is 3.49. The van der Waals surface area contributed by atoms with Crippen molar-refractivity contribution in [1.82, 2.24) is 9.97 Å². The molecule has 0 amide bonds. The minimum Gasteiger partial charge on any atom is -0.367 e. The molecular weight excluding hydrogens is 345 g/mol. The van der Waals surface area contributed by atoms with Crippen molar-refractivity contribution in [3.63, 3.8) is 0 Å². The Morgan fingerprint density at radius 3 is 2.69 bits per heavy atom. The molecule has 1 heterocycles. The van der Waals surface area contributed by atoms with Gasteiger partial charge in [-0.05, 0) is 49.4 Å². The fourth-order valence-electron chi connectivity index (χ4n) is 3.03. The van der Waals surface area contributed by atoms with Crippen molar-refractivity contribution in [1.29, 1.82) is 0 Å². The molecule has 8 heteroatoms. The SMILES string of the molecule is O=C1CCCc2cc(Nc3ncc(C(F)(F)F)c(NC4CC4)n3)ccc21. The number of aromatic nitrogens is 2. The molecule has 1 aromatic carbocycles. The Bertz CT molecular complexity index is 862. The largest absolute Gasteiger partial charge is 0.421 e. The summed E-state index contributed by atoms with van der Waals surface area (Å²) >= 11 is 0. The lowest BCUT2D eigenvalue weighted by atomic mass is 9.90. The average Bonchev–Trinajstić information content (AvgIpc) is 3.38. The Morgan fingerprint density at radius 2 is 1.96 bits per heavy atom. The van der Waals surface area contributed by atoms with E-state index in [1.807, 2.05) is 6.07 Å². The highest BCUT2D eigenvalue weighted by atomic mass is 19.4. The van der Waals surface area contributed by atoms with Gasteiger partial charge in [-0.25, -0.2) is 4.98 Å². The van der Waals surface area contributed by atoms with Crippen molar-refractivity contribution in [2.24, 2.45) is 0 Å². The van der Waals surface area contributed by atoms with E-state index in [0.29, 0.717) is 17.7 Å². The molecule has 5 nitrogen and oxygen atoms in total. The van der Waals surface area contributed by atoms with Gasteiger partial charge in [0.05, 0.1) is 0 Å². The highest BCUT2D eigenvalue weighted by Gasteiger charge is 2.36. The van der Waals surface area contributed by atoms with E-state index in [2.05, 4.69) is 20.6 Å². The van der Waals surface area contributed by atoms with Crippen LogP contribution in [0.2, 0.25) is 0 Å². The fourth-order valence-corrected chi connectivity index (χ4v) is 3.03. The topological polar surface area (TPSA) is 66.9 Å². The van der Waals surface area contributed by atoms with Crippen LogP contribution in [-0.4, -0.2) is 21.8 Å². The Kier molecular flexibility index (Phi) is 4.05. The van der Waals surface area contributed by atoms with Crippen LogP contribution in [0.25, 0.3) is 0 Å².